The van der Waals surface area contributed by atoms with Gasteiger partial charge in [0.1, 0.15) is 6.10 Å². The number of morpholine rings is 1. The zero-order valence-electron chi connectivity index (χ0n) is 18.4. The number of benzene rings is 1. The maximum Gasteiger partial charge on any atom is 0.226 e. The number of ether oxygens (including phenoxy) is 1. The van der Waals surface area contributed by atoms with Gasteiger partial charge in [-0.2, -0.15) is 4.98 Å². The lowest BCUT2D eigenvalue weighted by Gasteiger charge is -2.35. The molecule has 8 heteroatoms. The first-order chi connectivity index (χ1) is 14.1. The minimum Gasteiger partial charge on any atom is -0.370 e. The monoisotopic (exact) mass is 527 g/mol. The molecule has 0 radical (unpaired) electrons. The van der Waals surface area contributed by atoms with Crippen molar-refractivity contribution < 1.29 is 9.26 Å². The van der Waals surface area contributed by atoms with E-state index in [4.69, 9.17) is 14.3 Å². The summed E-state index contributed by atoms with van der Waals surface area (Å²) < 4.78 is 11.4. The van der Waals surface area contributed by atoms with Crippen LogP contribution in [0.4, 0.5) is 0 Å². The van der Waals surface area contributed by atoms with Gasteiger partial charge in [0, 0.05) is 32.0 Å². The molecule has 0 saturated carbocycles. The van der Waals surface area contributed by atoms with Crippen molar-refractivity contribution in [2.75, 3.05) is 32.8 Å². The molecule has 0 spiro atoms. The number of hydrogen-bond acceptors (Lipinski definition) is 5. The molecule has 1 fully saturated rings. The van der Waals surface area contributed by atoms with Crippen LogP contribution < -0.4 is 5.32 Å². The van der Waals surface area contributed by atoms with Gasteiger partial charge in [-0.1, -0.05) is 43.3 Å². The third-order valence-corrected chi connectivity index (χ3v) is 5.05. The largest absolute Gasteiger partial charge is 0.370 e. The highest BCUT2D eigenvalue weighted by Crippen LogP contribution is 2.25. The molecule has 7 nitrogen and oxygen atoms in total. The van der Waals surface area contributed by atoms with E-state index < -0.39 is 0 Å². The number of rotatable bonds is 7. The molecule has 166 valence electrons. The topological polar surface area (TPSA) is 75.8 Å². The molecule has 3 rings (SSSR count). The maximum atomic E-state index is 6.06. The molecule has 0 bridgehead atoms. The number of aromatic nitrogens is 2. The van der Waals surface area contributed by atoms with E-state index in [1.54, 1.807) is 0 Å². The molecule has 1 atom stereocenters. The van der Waals surface area contributed by atoms with Crippen LogP contribution in [0.5, 0.6) is 0 Å². The number of guanidine groups is 1. The van der Waals surface area contributed by atoms with Crippen LogP contribution in [0, 0.1) is 6.92 Å². The molecular formula is C22H34IN5O2. The van der Waals surface area contributed by atoms with Crippen molar-refractivity contribution in [3.8, 4) is 0 Å². The van der Waals surface area contributed by atoms with Crippen molar-refractivity contribution in [2.45, 2.75) is 52.6 Å². The highest BCUT2D eigenvalue weighted by molar-refractivity contribution is 14.0. The van der Waals surface area contributed by atoms with Crippen LogP contribution in [0.15, 0.2) is 33.8 Å². The van der Waals surface area contributed by atoms with Crippen LogP contribution in [0.25, 0.3) is 0 Å². The van der Waals surface area contributed by atoms with Crippen LogP contribution in [0.1, 0.15) is 62.1 Å². The second-order valence-electron chi connectivity index (χ2n) is 7.70. The molecule has 1 aromatic carbocycles. The first-order valence-corrected chi connectivity index (χ1v) is 10.6. The van der Waals surface area contributed by atoms with Gasteiger partial charge >= 0.3 is 0 Å². The van der Waals surface area contributed by atoms with Crippen molar-refractivity contribution in [3.63, 3.8) is 0 Å². The Morgan fingerprint density at radius 1 is 1.33 bits per heavy atom. The van der Waals surface area contributed by atoms with E-state index in [1.807, 2.05) is 0 Å². The number of aryl methyl sites for hydroxylation is 2. The van der Waals surface area contributed by atoms with Crippen molar-refractivity contribution in [1.29, 1.82) is 0 Å². The van der Waals surface area contributed by atoms with Gasteiger partial charge in [0.25, 0.3) is 0 Å². The fraction of sp³-hybridized carbons (Fsp3) is 0.591. The van der Waals surface area contributed by atoms with Gasteiger partial charge in [-0.25, -0.2) is 0 Å². The standard InChI is InChI=1S/C22H33N5O2.HI/c1-5-23-22(24-12-8-11-20-25-21(16(2)3)26-29-20)27-13-14-28-19(15-27)18-10-7-6-9-17(18)4;/h6-7,9-10,16,19H,5,8,11-15H2,1-4H3,(H,23,24);1H. The Bertz CT molecular complexity index is 808. The van der Waals surface area contributed by atoms with E-state index >= 15 is 0 Å². The summed E-state index contributed by atoms with van der Waals surface area (Å²) in [5.74, 6) is 2.70. The number of nitrogens with zero attached hydrogens (tertiary/aromatic N) is 4. The summed E-state index contributed by atoms with van der Waals surface area (Å²) >= 11 is 0. The van der Waals surface area contributed by atoms with Crippen LogP contribution in [0.2, 0.25) is 0 Å². The molecule has 1 saturated heterocycles. The van der Waals surface area contributed by atoms with Gasteiger partial charge in [-0.15, -0.1) is 24.0 Å². The molecule has 2 heterocycles. The number of halogens is 1. The van der Waals surface area contributed by atoms with E-state index in [2.05, 4.69) is 72.3 Å². The molecule has 0 aliphatic carbocycles. The quantitative estimate of drug-likeness (QED) is 0.253. The van der Waals surface area contributed by atoms with Crippen molar-refractivity contribution in [3.05, 3.63) is 47.1 Å². The highest BCUT2D eigenvalue weighted by Gasteiger charge is 2.25. The van der Waals surface area contributed by atoms with Crippen molar-refractivity contribution in [1.82, 2.24) is 20.4 Å². The van der Waals surface area contributed by atoms with Gasteiger partial charge in [-0.05, 0) is 31.4 Å². The van der Waals surface area contributed by atoms with Crippen molar-refractivity contribution >= 4 is 29.9 Å². The molecule has 1 aliphatic heterocycles. The summed E-state index contributed by atoms with van der Waals surface area (Å²) in [5.41, 5.74) is 2.52. The summed E-state index contributed by atoms with van der Waals surface area (Å²) in [7, 11) is 0. The summed E-state index contributed by atoms with van der Waals surface area (Å²) in [6.45, 7) is 12.3. The Hall–Kier alpha value is -1.68. The fourth-order valence-corrected chi connectivity index (χ4v) is 3.42. The fourth-order valence-electron chi connectivity index (χ4n) is 3.42. The third-order valence-electron chi connectivity index (χ3n) is 5.05. The molecular weight excluding hydrogens is 493 g/mol. The van der Waals surface area contributed by atoms with Crippen LogP contribution in [-0.4, -0.2) is 53.8 Å². The lowest BCUT2D eigenvalue weighted by Crippen LogP contribution is -2.48. The third kappa shape index (κ3) is 6.66. The summed E-state index contributed by atoms with van der Waals surface area (Å²) in [5, 5.41) is 7.45. The average Bonchev–Trinajstić information content (AvgIpc) is 3.20. The summed E-state index contributed by atoms with van der Waals surface area (Å²) in [6.07, 6.45) is 1.69. The number of hydrogen-bond donors (Lipinski definition) is 1. The summed E-state index contributed by atoms with van der Waals surface area (Å²) in [4.78, 5) is 11.6. The van der Waals surface area contributed by atoms with Gasteiger partial charge in [0.15, 0.2) is 11.8 Å². The highest BCUT2D eigenvalue weighted by atomic mass is 127. The molecule has 1 aliphatic rings. The normalized spacial score (nSPS) is 17.2. The Kier molecular flexibility index (Phi) is 10.0. The SMILES string of the molecule is CCNC(=NCCCc1nc(C(C)C)no1)N1CCOC(c2ccccc2C)C1.I. The van der Waals surface area contributed by atoms with Gasteiger partial charge in [0.05, 0.1) is 13.2 Å². The van der Waals surface area contributed by atoms with Gasteiger partial charge < -0.3 is 19.5 Å². The van der Waals surface area contributed by atoms with Gasteiger partial charge in [-0.3, -0.25) is 4.99 Å². The summed E-state index contributed by atoms with van der Waals surface area (Å²) in [6, 6.07) is 8.44. The van der Waals surface area contributed by atoms with Crippen LogP contribution in [0.3, 0.4) is 0 Å². The van der Waals surface area contributed by atoms with Gasteiger partial charge in [0.2, 0.25) is 5.89 Å². The second kappa shape index (κ2) is 12.2. The lowest BCUT2D eigenvalue weighted by molar-refractivity contribution is -0.00832. The van der Waals surface area contributed by atoms with E-state index in [9.17, 15) is 0 Å². The Morgan fingerprint density at radius 2 is 2.13 bits per heavy atom. The van der Waals surface area contributed by atoms with Crippen LogP contribution >= 0.6 is 24.0 Å². The van der Waals surface area contributed by atoms with Crippen molar-refractivity contribution in [2.24, 2.45) is 4.99 Å². The molecule has 30 heavy (non-hydrogen) atoms. The van der Waals surface area contributed by atoms with E-state index in [1.165, 1.54) is 11.1 Å². The Labute approximate surface area is 196 Å². The smallest absolute Gasteiger partial charge is 0.226 e. The van der Waals surface area contributed by atoms with E-state index in [-0.39, 0.29) is 36.0 Å². The predicted octanol–water partition coefficient (Wildman–Crippen LogP) is 4.09. The zero-order valence-corrected chi connectivity index (χ0v) is 20.8. The second-order valence-corrected chi connectivity index (χ2v) is 7.70. The van der Waals surface area contributed by atoms with Crippen LogP contribution in [-0.2, 0) is 11.2 Å². The molecule has 1 N–H and O–H groups in total. The zero-order chi connectivity index (χ0) is 20.6. The average molecular weight is 527 g/mol. The first-order valence-electron chi connectivity index (χ1n) is 10.6. The Morgan fingerprint density at radius 3 is 2.83 bits per heavy atom. The minimum atomic E-state index is 0. The minimum absolute atomic E-state index is 0. The van der Waals surface area contributed by atoms with E-state index in [0.29, 0.717) is 19.0 Å². The molecule has 1 unspecified atom stereocenters. The van der Waals surface area contributed by atoms with E-state index in [0.717, 1.165) is 44.3 Å². The maximum absolute atomic E-state index is 6.06. The lowest BCUT2D eigenvalue weighted by atomic mass is 10.0. The molecule has 1 aromatic heterocycles. The number of aliphatic imine (C=N–C) groups is 1. The predicted molar refractivity (Wildman–Crippen MR) is 130 cm³/mol. The first kappa shape index (κ1) is 24.6. The molecule has 0 amide bonds. The Balaban J connectivity index is 0.00000320. The number of nitrogens with one attached hydrogen (secondary N) is 1. The molecule has 2 aromatic rings.